The molecule has 148 valence electrons. The van der Waals surface area contributed by atoms with E-state index in [0.717, 1.165) is 5.56 Å². The van der Waals surface area contributed by atoms with Crippen molar-refractivity contribution in [1.82, 2.24) is 0 Å². The van der Waals surface area contributed by atoms with E-state index < -0.39 is 15.6 Å². The number of nitrogens with zero attached hydrogens (tertiary/aromatic N) is 1. The highest BCUT2D eigenvalue weighted by atomic mass is 32.2. The van der Waals surface area contributed by atoms with Crippen molar-refractivity contribution in [3.05, 3.63) is 76.7 Å². The molecular weight excluding hydrogens is 392 g/mol. The topological polar surface area (TPSA) is 96.7 Å². The summed E-state index contributed by atoms with van der Waals surface area (Å²) >= 11 is 0. The predicted octanol–water partition coefficient (Wildman–Crippen LogP) is 2.98. The Bertz CT molecular complexity index is 1260. The number of rotatable bonds is 4. The van der Waals surface area contributed by atoms with E-state index in [2.05, 4.69) is 5.32 Å². The lowest BCUT2D eigenvalue weighted by molar-refractivity contribution is -0.111. The van der Waals surface area contributed by atoms with Gasteiger partial charge in [-0.3, -0.25) is 9.10 Å². The molecule has 0 aliphatic carbocycles. The first-order chi connectivity index (χ1) is 13.9. The van der Waals surface area contributed by atoms with Crippen molar-refractivity contribution in [2.24, 2.45) is 0 Å². The van der Waals surface area contributed by atoms with E-state index in [-0.39, 0.29) is 11.7 Å². The number of carbonyl (C=O) groups excluding carboxylic acids is 1. The van der Waals surface area contributed by atoms with Crippen molar-refractivity contribution in [3.63, 3.8) is 0 Å². The van der Waals surface area contributed by atoms with Crippen molar-refractivity contribution in [1.29, 1.82) is 0 Å². The van der Waals surface area contributed by atoms with Gasteiger partial charge >= 0.3 is 5.63 Å². The van der Waals surface area contributed by atoms with Crippen LogP contribution < -0.4 is 15.2 Å². The maximum Gasteiger partial charge on any atom is 0.336 e. The molecule has 0 spiro atoms. The lowest BCUT2D eigenvalue weighted by Gasteiger charge is -2.16. The van der Waals surface area contributed by atoms with Crippen LogP contribution in [-0.4, -0.2) is 26.6 Å². The van der Waals surface area contributed by atoms with E-state index in [0.29, 0.717) is 35.3 Å². The quantitative estimate of drug-likeness (QED) is 0.527. The molecule has 7 nitrogen and oxygen atoms in total. The number of amides is 1. The predicted molar refractivity (Wildman–Crippen MR) is 112 cm³/mol. The first kappa shape index (κ1) is 18.9. The molecule has 1 aliphatic heterocycles. The molecule has 1 fully saturated rings. The monoisotopic (exact) mass is 410 g/mol. The first-order valence-corrected chi connectivity index (χ1v) is 10.7. The van der Waals surface area contributed by atoms with Crippen molar-refractivity contribution in [2.75, 3.05) is 21.9 Å². The highest BCUT2D eigenvalue weighted by molar-refractivity contribution is 7.93. The molecule has 1 aromatic heterocycles. The number of fused-ring (bicyclic) bond motifs is 1. The summed E-state index contributed by atoms with van der Waals surface area (Å²) < 4.78 is 30.4. The van der Waals surface area contributed by atoms with Gasteiger partial charge in [0.1, 0.15) is 5.58 Å². The van der Waals surface area contributed by atoms with Crippen LogP contribution in [0.4, 0.5) is 11.4 Å². The Balaban J connectivity index is 1.43. The Labute approximate surface area is 167 Å². The molecule has 0 unspecified atom stereocenters. The molecule has 29 heavy (non-hydrogen) atoms. The molecule has 8 heteroatoms. The minimum atomic E-state index is -3.20. The lowest BCUT2D eigenvalue weighted by Crippen LogP contribution is -2.24. The van der Waals surface area contributed by atoms with E-state index in [9.17, 15) is 18.0 Å². The standard InChI is InChI=1S/C21H18N2O5S/c24-20(22-17-6-9-19-16(14-17)5-11-21(25)28-19)10-4-15-2-7-18(8-3-15)23-12-1-13-29(23,26)27/h2-11,14H,1,12-13H2,(H,22,24)/b10-4+. The molecule has 1 aliphatic rings. The molecule has 1 amide bonds. The van der Waals surface area contributed by atoms with Crippen LogP contribution in [0.5, 0.6) is 0 Å². The molecule has 4 rings (SSSR count). The van der Waals surface area contributed by atoms with Gasteiger partial charge in [0.15, 0.2) is 0 Å². The average molecular weight is 410 g/mol. The zero-order valence-corrected chi connectivity index (χ0v) is 16.2. The lowest BCUT2D eigenvalue weighted by atomic mass is 10.2. The van der Waals surface area contributed by atoms with E-state index in [1.807, 2.05) is 0 Å². The maximum absolute atomic E-state index is 12.2. The van der Waals surface area contributed by atoms with Crippen molar-refractivity contribution >= 4 is 44.4 Å². The normalized spacial score (nSPS) is 15.8. The highest BCUT2D eigenvalue weighted by Crippen LogP contribution is 2.24. The fraction of sp³-hybridized carbons (Fsp3) is 0.143. The van der Waals surface area contributed by atoms with Crippen molar-refractivity contribution in [3.8, 4) is 0 Å². The average Bonchev–Trinajstić information content (AvgIpc) is 3.06. The molecule has 1 N–H and O–H groups in total. The molecule has 0 radical (unpaired) electrons. The molecule has 2 aromatic carbocycles. The first-order valence-electron chi connectivity index (χ1n) is 9.04. The van der Waals surface area contributed by atoms with Gasteiger partial charge in [0, 0.05) is 29.8 Å². The van der Waals surface area contributed by atoms with Crippen LogP contribution in [0.3, 0.4) is 0 Å². The zero-order chi connectivity index (χ0) is 20.4. The van der Waals surface area contributed by atoms with E-state index in [1.54, 1.807) is 54.6 Å². The number of hydrogen-bond donors (Lipinski definition) is 1. The van der Waals surface area contributed by atoms with Gasteiger partial charge in [0.05, 0.1) is 11.4 Å². The van der Waals surface area contributed by atoms with Crippen molar-refractivity contribution in [2.45, 2.75) is 6.42 Å². The largest absolute Gasteiger partial charge is 0.423 e. The van der Waals surface area contributed by atoms with Gasteiger partial charge in [-0.25, -0.2) is 13.2 Å². The van der Waals surface area contributed by atoms with Gasteiger partial charge in [-0.15, -0.1) is 0 Å². The summed E-state index contributed by atoms with van der Waals surface area (Å²) in [5, 5.41) is 3.46. The van der Waals surface area contributed by atoms with Crippen LogP contribution in [-0.2, 0) is 14.8 Å². The van der Waals surface area contributed by atoms with Gasteiger partial charge in [0.25, 0.3) is 0 Å². The summed E-state index contributed by atoms with van der Waals surface area (Å²) in [5.41, 5.74) is 2.01. The van der Waals surface area contributed by atoms with E-state index in [1.165, 1.54) is 16.4 Å². The smallest absolute Gasteiger partial charge is 0.336 e. The second kappa shape index (κ2) is 7.56. The van der Waals surface area contributed by atoms with Crippen LogP contribution in [0, 0.1) is 0 Å². The SMILES string of the molecule is O=C(/C=C/c1ccc(N2CCCS2(=O)=O)cc1)Nc1ccc2oc(=O)ccc2c1. The third kappa shape index (κ3) is 4.22. The van der Waals surface area contributed by atoms with Gasteiger partial charge < -0.3 is 9.73 Å². The summed E-state index contributed by atoms with van der Waals surface area (Å²) in [6.45, 7) is 0.495. The third-order valence-electron chi connectivity index (χ3n) is 4.59. The van der Waals surface area contributed by atoms with E-state index >= 15 is 0 Å². The summed E-state index contributed by atoms with van der Waals surface area (Å²) in [6, 6.07) is 15.0. The number of benzene rings is 2. The minimum Gasteiger partial charge on any atom is -0.423 e. The summed E-state index contributed by atoms with van der Waals surface area (Å²) in [7, 11) is -3.20. The summed E-state index contributed by atoms with van der Waals surface area (Å²) in [5.74, 6) is -0.136. The number of anilines is 2. The van der Waals surface area contributed by atoms with Gasteiger partial charge in [-0.2, -0.15) is 0 Å². The number of nitrogens with one attached hydrogen (secondary N) is 1. The molecule has 3 aromatic rings. The van der Waals surface area contributed by atoms with E-state index in [4.69, 9.17) is 4.42 Å². The number of sulfonamides is 1. The van der Waals surface area contributed by atoms with Crippen LogP contribution in [0.1, 0.15) is 12.0 Å². The molecule has 0 atom stereocenters. The summed E-state index contributed by atoms with van der Waals surface area (Å²) in [4.78, 5) is 23.4. The second-order valence-corrected chi connectivity index (χ2v) is 8.68. The fourth-order valence-electron chi connectivity index (χ4n) is 3.19. The Morgan fingerprint density at radius 1 is 1.07 bits per heavy atom. The third-order valence-corrected chi connectivity index (χ3v) is 6.46. The van der Waals surface area contributed by atoms with Gasteiger partial charge in [-0.05, 0) is 54.5 Å². The van der Waals surface area contributed by atoms with Gasteiger partial charge in [-0.1, -0.05) is 12.1 Å². The highest BCUT2D eigenvalue weighted by Gasteiger charge is 2.28. The molecule has 1 saturated heterocycles. The fourth-order valence-corrected chi connectivity index (χ4v) is 4.75. The Kier molecular flexibility index (Phi) is 4.94. The molecule has 2 heterocycles. The van der Waals surface area contributed by atoms with Crippen LogP contribution in [0.15, 0.2) is 69.9 Å². The maximum atomic E-state index is 12.2. The second-order valence-electron chi connectivity index (χ2n) is 6.66. The zero-order valence-electron chi connectivity index (χ0n) is 15.4. The Morgan fingerprint density at radius 2 is 1.86 bits per heavy atom. The minimum absolute atomic E-state index is 0.176. The Morgan fingerprint density at radius 3 is 2.59 bits per heavy atom. The molecular formula is C21H18N2O5S. The number of hydrogen-bond acceptors (Lipinski definition) is 5. The summed E-state index contributed by atoms with van der Waals surface area (Å²) in [6.07, 6.45) is 3.68. The van der Waals surface area contributed by atoms with Crippen LogP contribution >= 0.6 is 0 Å². The number of carbonyl (C=O) groups is 1. The molecule has 0 saturated carbocycles. The van der Waals surface area contributed by atoms with Gasteiger partial charge in [0.2, 0.25) is 15.9 Å². The van der Waals surface area contributed by atoms with Crippen molar-refractivity contribution < 1.29 is 17.6 Å². The van der Waals surface area contributed by atoms with Crippen LogP contribution in [0.25, 0.3) is 17.0 Å². The van der Waals surface area contributed by atoms with Crippen LogP contribution in [0.2, 0.25) is 0 Å². The molecule has 0 bridgehead atoms. The Hall–Kier alpha value is -3.39.